The summed E-state index contributed by atoms with van der Waals surface area (Å²) in [5, 5.41) is 13.9. The summed E-state index contributed by atoms with van der Waals surface area (Å²) in [6.07, 6.45) is 6.64. The first-order valence-corrected chi connectivity index (χ1v) is 7.48. The molecule has 3 nitrogen and oxygen atoms in total. The smallest absolute Gasteiger partial charge is 0.0726 e. The Balaban J connectivity index is 1.30. The third-order valence-electron chi connectivity index (χ3n) is 5.58. The van der Waals surface area contributed by atoms with Crippen molar-refractivity contribution in [2.75, 3.05) is 19.6 Å². The predicted molar refractivity (Wildman–Crippen MR) is 66.7 cm³/mol. The van der Waals surface area contributed by atoms with Gasteiger partial charge in [-0.1, -0.05) is 0 Å². The van der Waals surface area contributed by atoms with E-state index in [1.807, 2.05) is 0 Å². The third kappa shape index (κ3) is 1.74. The lowest BCUT2D eigenvalue weighted by Crippen LogP contribution is -2.41. The lowest BCUT2D eigenvalue weighted by atomic mass is 9.88. The topological polar surface area (TPSA) is 35.5 Å². The third-order valence-corrected chi connectivity index (χ3v) is 5.58. The highest BCUT2D eigenvalue weighted by Crippen LogP contribution is 2.54. The Morgan fingerprint density at radius 1 is 1.18 bits per heavy atom. The number of fused-ring (bicyclic) bond motifs is 1. The molecule has 0 radical (unpaired) electrons. The van der Waals surface area contributed by atoms with Gasteiger partial charge < -0.3 is 10.4 Å². The van der Waals surface area contributed by atoms with Gasteiger partial charge in [0.25, 0.3) is 0 Å². The molecule has 1 saturated heterocycles. The SMILES string of the molecule is OC1C2CC3CN(CCCNC4CC4)C1C3C2. The maximum atomic E-state index is 10.3. The maximum absolute atomic E-state index is 10.3. The molecule has 0 aromatic carbocycles. The van der Waals surface area contributed by atoms with Crippen molar-refractivity contribution in [2.24, 2.45) is 17.8 Å². The van der Waals surface area contributed by atoms with E-state index in [1.54, 1.807) is 0 Å². The zero-order chi connectivity index (χ0) is 11.4. The number of aliphatic hydroxyl groups is 1. The first kappa shape index (κ1) is 10.8. The van der Waals surface area contributed by atoms with Crippen LogP contribution in [0.15, 0.2) is 0 Å². The van der Waals surface area contributed by atoms with Crippen LogP contribution in [0.4, 0.5) is 0 Å². The Morgan fingerprint density at radius 3 is 2.82 bits per heavy atom. The van der Waals surface area contributed by atoms with Crippen molar-refractivity contribution in [2.45, 2.75) is 50.3 Å². The van der Waals surface area contributed by atoms with Crippen molar-refractivity contribution in [1.82, 2.24) is 10.2 Å². The quantitative estimate of drug-likeness (QED) is 0.694. The molecule has 3 heteroatoms. The predicted octanol–water partition coefficient (Wildman–Crippen LogP) is 0.830. The van der Waals surface area contributed by atoms with Crippen LogP contribution < -0.4 is 5.32 Å². The highest BCUT2D eigenvalue weighted by molar-refractivity contribution is 5.10. The largest absolute Gasteiger partial charge is 0.391 e. The first-order chi connectivity index (χ1) is 8.33. The molecule has 4 aliphatic rings. The van der Waals surface area contributed by atoms with Crippen LogP contribution in [0.5, 0.6) is 0 Å². The number of nitrogens with one attached hydrogen (secondary N) is 1. The molecule has 2 N–H and O–H groups in total. The fourth-order valence-corrected chi connectivity index (χ4v) is 4.67. The van der Waals surface area contributed by atoms with Crippen molar-refractivity contribution in [3.63, 3.8) is 0 Å². The maximum Gasteiger partial charge on any atom is 0.0726 e. The first-order valence-electron chi connectivity index (χ1n) is 7.48. The molecule has 0 aromatic rings. The van der Waals surface area contributed by atoms with Crippen molar-refractivity contribution in [3.05, 3.63) is 0 Å². The van der Waals surface area contributed by atoms with Gasteiger partial charge >= 0.3 is 0 Å². The molecule has 1 heterocycles. The second-order valence-corrected chi connectivity index (χ2v) is 6.71. The molecule has 3 saturated carbocycles. The van der Waals surface area contributed by atoms with Gasteiger partial charge in [-0.2, -0.15) is 0 Å². The number of nitrogens with zero attached hydrogens (tertiary/aromatic N) is 1. The van der Waals surface area contributed by atoms with E-state index in [0.29, 0.717) is 12.0 Å². The average Bonchev–Trinajstić information content (AvgIpc) is 2.87. The summed E-state index contributed by atoms with van der Waals surface area (Å²) in [5.41, 5.74) is 0. The Hall–Kier alpha value is -0.120. The van der Waals surface area contributed by atoms with Gasteiger partial charge in [0.15, 0.2) is 0 Å². The minimum Gasteiger partial charge on any atom is -0.391 e. The van der Waals surface area contributed by atoms with E-state index >= 15 is 0 Å². The van der Waals surface area contributed by atoms with E-state index in [1.165, 1.54) is 51.7 Å². The summed E-state index contributed by atoms with van der Waals surface area (Å²) < 4.78 is 0. The molecule has 5 atom stereocenters. The lowest BCUT2D eigenvalue weighted by Gasteiger charge is -2.28. The number of likely N-dealkylation sites (tertiary alicyclic amines) is 1. The summed E-state index contributed by atoms with van der Waals surface area (Å²) in [7, 11) is 0. The molecule has 0 spiro atoms. The van der Waals surface area contributed by atoms with Gasteiger partial charge in [-0.15, -0.1) is 0 Å². The van der Waals surface area contributed by atoms with Crippen LogP contribution in [0, 0.1) is 17.8 Å². The van der Waals surface area contributed by atoms with Crippen LogP contribution in [-0.2, 0) is 0 Å². The van der Waals surface area contributed by atoms with Crippen LogP contribution in [0.1, 0.15) is 32.1 Å². The molecule has 1 aliphatic heterocycles. The van der Waals surface area contributed by atoms with Crippen molar-refractivity contribution in [1.29, 1.82) is 0 Å². The van der Waals surface area contributed by atoms with E-state index in [-0.39, 0.29) is 6.10 Å². The molecule has 5 unspecified atom stereocenters. The van der Waals surface area contributed by atoms with Crippen LogP contribution in [0.3, 0.4) is 0 Å². The summed E-state index contributed by atoms with van der Waals surface area (Å²) in [6.45, 7) is 3.64. The summed E-state index contributed by atoms with van der Waals surface area (Å²) in [5.74, 6) is 2.40. The van der Waals surface area contributed by atoms with E-state index < -0.39 is 0 Å². The van der Waals surface area contributed by atoms with Gasteiger partial charge in [0.05, 0.1) is 6.10 Å². The normalized spacial score (nSPS) is 48.2. The molecule has 4 fully saturated rings. The second-order valence-electron chi connectivity index (χ2n) is 6.71. The van der Waals surface area contributed by atoms with Gasteiger partial charge in [0, 0.05) is 18.6 Å². The average molecular weight is 236 g/mol. The fourth-order valence-electron chi connectivity index (χ4n) is 4.67. The van der Waals surface area contributed by atoms with Gasteiger partial charge in [-0.3, -0.25) is 4.90 Å². The zero-order valence-corrected chi connectivity index (χ0v) is 10.5. The van der Waals surface area contributed by atoms with Crippen LogP contribution in [-0.4, -0.2) is 47.8 Å². The van der Waals surface area contributed by atoms with Gasteiger partial charge in [0.1, 0.15) is 0 Å². The molecule has 0 amide bonds. The highest BCUT2D eigenvalue weighted by atomic mass is 16.3. The van der Waals surface area contributed by atoms with Crippen molar-refractivity contribution < 1.29 is 5.11 Å². The lowest BCUT2D eigenvalue weighted by molar-refractivity contribution is 0.0507. The summed E-state index contributed by atoms with van der Waals surface area (Å²) >= 11 is 0. The van der Waals surface area contributed by atoms with Gasteiger partial charge in [0.2, 0.25) is 0 Å². The van der Waals surface area contributed by atoms with Crippen LogP contribution in [0.2, 0.25) is 0 Å². The number of hydrogen-bond acceptors (Lipinski definition) is 3. The molecular weight excluding hydrogens is 212 g/mol. The van der Waals surface area contributed by atoms with Crippen LogP contribution in [0.25, 0.3) is 0 Å². The van der Waals surface area contributed by atoms with E-state index in [9.17, 15) is 5.11 Å². The Labute approximate surface area is 104 Å². The van der Waals surface area contributed by atoms with E-state index in [4.69, 9.17) is 0 Å². The Kier molecular flexibility index (Phi) is 2.50. The molecule has 2 bridgehead atoms. The summed E-state index contributed by atoms with van der Waals surface area (Å²) in [6, 6.07) is 1.37. The number of hydrogen-bond donors (Lipinski definition) is 2. The molecule has 96 valence electrons. The highest BCUT2D eigenvalue weighted by Gasteiger charge is 2.58. The van der Waals surface area contributed by atoms with Crippen molar-refractivity contribution >= 4 is 0 Å². The van der Waals surface area contributed by atoms with Gasteiger partial charge in [-0.25, -0.2) is 0 Å². The molecule has 3 aliphatic carbocycles. The number of aliphatic hydroxyl groups excluding tert-OH is 1. The standard InChI is InChI=1S/C14H24N2O/c17-14-9-6-10-8-16(13(14)12(10)7-9)5-1-4-15-11-2-3-11/h9-15,17H,1-8H2. The Morgan fingerprint density at radius 2 is 2.06 bits per heavy atom. The van der Waals surface area contributed by atoms with Crippen molar-refractivity contribution in [3.8, 4) is 0 Å². The molecule has 0 aromatic heterocycles. The molecule has 4 rings (SSSR count). The van der Waals surface area contributed by atoms with E-state index in [0.717, 1.165) is 17.9 Å². The number of rotatable bonds is 5. The van der Waals surface area contributed by atoms with E-state index in [2.05, 4.69) is 10.2 Å². The van der Waals surface area contributed by atoms with Gasteiger partial charge in [-0.05, 0) is 62.9 Å². The molecular formula is C14H24N2O. The minimum absolute atomic E-state index is 0.00450. The fraction of sp³-hybridized carbons (Fsp3) is 1.00. The van der Waals surface area contributed by atoms with Crippen LogP contribution >= 0.6 is 0 Å². The molecule has 17 heavy (non-hydrogen) atoms. The monoisotopic (exact) mass is 236 g/mol. The zero-order valence-electron chi connectivity index (χ0n) is 10.5. The second kappa shape index (κ2) is 3.94. The minimum atomic E-state index is -0.00450. The summed E-state index contributed by atoms with van der Waals surface area (Å²) in [4.78, 5) is 2.60. The Bertz CT molecular complexity index is 303.